The third-order valence-corrected chi connectivity index (χ3v) is 6.35. The van der Waals surface area contributed by atoms with E-state index in [-0.39, 0.29) is 30.2 Å². The number of halogens is 1. The molecule has 29 heavy (non-hydrogen) atoms. The highest BCUT2D eigenvalue weighted by Gasteiger charge is 2.36. The summed E-state index contributed by atoms with van der Waals surface area (Å²) in [7, 11) is 1.64. The predicted octanol–water partition coefficient (Wildman–Crippen LogP) is 4.06. The Morgan fingerprint density at radius 2 is 1.90 bits per heavy atom. The van der Waals surface area contributed by atoms with Gasteiger partial charge in [-0.3, -0.25) is 4.79 Å². The van der Waals surface area contributed by atoms with Crippen molar-refractivity contribution in [2.45, 2.75) is 5.92 Å². The largest absolute Gasteiger partial charge is 0.497 e. The standard InChI is InChI=1S/C22H23N3O2S.ClH/c1-27-18-9-7-16(8-10-18)21-24-12-20(28-21)22(26)25-13-17(11-23)19(14-25)15-5-3-2-4-6-15;/h2-10,12,17,19H,11,13-14,23H2,1H3;1H/t17-,19+;/m1./s1. The van der Waals surface area contributed by atoms with E-state index >= 15 is 0 Å². The number of likely N-dealkylation sites (tertiary alicyclic amines) is 1. The molecule has 0 unspecified atom stereocenters. The first-order valence-electron chi connectivity index (χ1n) is 9.34. The molecule has 0 radical (unpaired) electrons. The van der Waals surface area contributed by atoms with Crippen molar-refractivity contribution in [1.82, 2.24) is 9.88 Å². The maximum Gasteiger partial charge on any atom is 0.265 e. The number of rotatable bonds is 5. The number of carbonyl (C=O) groups is 1. The summed E-state index contributed by atoms with van der Waals surface area (Å²) in [6.07, 6.45) is 1.68. The summed E-state index contributed by atoms with van der Waals surface area (Å²) >= 11 is 1.43. The summed E-state index contributed by atoms with van der Waals surface area (Å²) in [6.45, 7) is 1.95. The van der Waals surface area contributed by atoms with Gasteiger partial charge in [0.25, 0.3) is 5.91 Å². The number of benzene rings is 2. The maximum atomic E-state index is 13.1. The van der Waals surface area contributed by atoms with Gasteiger partial charge in [-0.2, -0.15) is 0 Å². The molecule has 4 rings (SSSR count). The third kappa shape index (κ3) is 4.45. The van der Waals surface area contributed by atoms with E-state index in [0.29, 0.717) is 24.5 Å². The van der Waals surface area contributed by atoms with Gasteiger partial charge in [-0.05, 0) is 42.3 Å². The molecule has 0 aliphatic carbocycles. The van der Waals surface area contributed by atoms with Crippen molar-refractivity contribution < 1.29 is 9.53 Å². The molecule has 1 aliphatic heterocycles. The number of ether oxygens (including phenoxy) is 1. The van der Waals surface area contributed by atoms with Crippen molar-refractivity contribution in [3.8, 4) is 16.3 Å². The molecule has 0 spiro atoms. The van der Waals surface area contributed by atoms with Gasteiger partial charge in [-0.15, -0.1) is 23.7 Å². The van der Waals surface area contributed by atoms with Crippen LogP contribution in [0, 0.1) is 5.92 Å². The van der Waals surface area contributed by atoms with Gasteiger partial charge in [0.2, 0.25) is 0 Å². The van der Waals surface area contributed by atoms with Gasteiger partial charge in [-0.25, -0.2) is 4.98 Å². The van der Waals surface area contributed by atoms with Crippen molar-refractivity contribution in [2.75, 3.05) is 26.7 Å². The Labute approximate surface area is 180 Å². The minimum absolute atomic E-state index is 0. The molecule has 7 heteroatoms. The highest BCUT2D eigenvalue weighted by atomic mass is 35.5. The van der Waals surface area contributed by atoms with Crippen molar-refractivity contribution in [1.29, 1.82) is 0 Å². The van der Waals surface area contributed by atoms with E-state index < -0.39 is 0 Å². The Hall–Kier alpha value is -2.41. The summed E-state index contributed by atoms with van der Waals surface area (Å²) in [4.78, 5) is 20.1. The molecule has 2 N–H and O–H groups in total. The summed E-state index contributed by atoms with van der Waals surface area (Å²) < 4.78 is 5.20. The highest BCUT2D eigenvalue weighted by Crippen LogP contribution is 2.34. The molecule has 0 saturated carbocycles. The fourth-order valence-electron chi connectivity index (χ4n) is 3.75. The van der Waals surface area contributed by atoms with E-state index in [1.807, 2.05) is 47.4 Å². The number of hydrogen-bond donors (Lipinski definition) is 1. The van der Waals surface area contributed by atoms with E-state index in [0.717, 1.165) is 16.3 Å². The Kier molecular flexibility index (Phi) is 6.90. The zero-order chi connectivity index (χ0) is 19.5. The summed E-state index contributed by atoms with van der Waals surface area (Å²) in [5, 5.41) is 0.834. The molecule has 0 bridgehead atoms. The number of carbonyl (C=O) groups excluding carboxylic acids is 1. The molecule has 1 fully saturated rings. The van der Waals surface area contributed by atoms with Gasteiger partial charge in [0.05, 0.1) is 13.3 Å². The molecular weight excluding hydrogens is 406 g/mol. The Morgan fingerprint density at radius 3 is 2.55 bits per heavy atom. The van der Waals surface area contributed by atoms with Crippen molar-refractivity contribution >= 4 is 29.7 Å². The number of nitrogens with zero attached hydrogens (tertiary/aromatic N) is 2. The van der Waals surface area contributed by atoms with Gasteiger partial charge < -0.3 is 15.4 Å². The van der Waals surface area contributed by atoms with E-state index in [1.165, 1.54) is 16.9 Å². The van der Waals surface area contributed by atoms with E-state index in [2.05, 4.69) is 17.1 Å². The summed E-state index contributed by atoms with van der Waals surface area (Å²) in [5.74, 6) is 1.40. The van der Waals surface area contributed by atoms with Crippen LogP contribution in [-0.4, -0.2) is 42.5 Å². The van der Waals surface area contributed by atoms with E-state index in [4.69, 9.17) is 10.5 Å². The number of hydrogen-bond acceptors (Lipinski definition) is 5. The molecule has 2 atom stereocenters. The Bertz CT molecular complexity index is 946. The van der Waals surface area contributed by atoms with Gasteiger partial charge in [0.1, 0.15) is 15.6 Å². The number of nitrogens with two attached hydrogens (primary N) is 1. The van der Waals surface area contributed by atoms with Crippen LogP contribution in [0.25, 0.3) is 10.6 Å². The normalized spacial score (nSPS) is 18.3. The number of aromatic nitrogens is 1. The summed E-state index contributed by atoms with van der Waals surface area (Å²) in [6, 6.07) is 18.0. The first-order valence-corrected chi connectivity index (χ1v) is 10.2. The van der Waals surface area contributed by atoms with Crippen molar-refractivity contribution in [2.24, 2.45) is 11.7 Å². The minimum atomic E-state index is 0. The van der Waals surface area contributed by atoms with Crippen molar-refractivity contribution in [3.05, 3.63) is 71.2 Å². The van der Waals surface area contributed by atoms with Gasteiger partial charge in [0.15, 0.2) is 0 Å². The van der Waals surface area contributed by atoms with Crippen LogP contribution in [-0.2, 0) is 0 Å². The molecule has 1 amide bonds. The molecule has 5 nitrogen and oxygen atoms in total. The first-order chi connectivity index (χ1) is 13.7. The minimum Gasteiger partial charge on any atom is -0.497 e. The second-order valence-corrected chi connectivity index (χ2v) is 8.01. The lowest BCUT2D eigenvalue weighted by Gasteiger charge is -2.16. The van der Waals surface area contributed by atoms with Crippen LogP contribution in [0.15, 0.2) is 60.8 Å². The number of thiazole rings is 1. The lowest BCUT2D eigenvalue weighted by Crippen LogP contribution is -2.29. The molecule has 2 aromatic carbocycles. The van der Waals surface area contributed by atoms with Gasteiger partial charge in [0, 0.05) is 24.6 Å². The average molecular weight is 430 g/mol. The second-order valence-electron chi connectivity index (χ2n) is 6.98. The second kappa shape index (κ2) is 9.39. The van der Waals surface area contributed by atoms with Gasteiger partial charge in [-0.1, -0.05) is 30.3 Å². The van der Waals surface area contributed by atoms with Crippen LogP contribution in [0.4, 0.5) is 0 Å². The topological polar surface area (TPSA) is 68.5 Å². The molecule has 1 aromatic heterocycles. The maximum absolute atomic E-state index is 13.1. The van der Waals surface area contributed by atoms with Crippen LogP contribution < -0.4 is 10.5 Å². The lowest BCUT2D eigenvalue weighted by molar-refractivity contribution is 0.0791. The quantitative estimate of drug-likeness (QED) is 0.664. The smallest absolute Gasteiger partial charge is 0.265 e. The monoisotopic (exact) mass is 429 g/mol. The SMILES string of the molecule is COc1ccc(-c2ncc(C(=O)N3C[C@@H](CN)[C@H](c4ccccc4)C3)s2)cc1.Cl. The van der Waals surface area contributed by atoms with Crippen molar-refractivity contribution in [3.63, 3.8) is 0 Å². The molecule has 1 aliphatic rings. The molecule has 1 saturated heterocycles. The highest BCUT2D eigenvalue weighted by molar-refractivity contribution is 7.16. The molecular formula is C22H24ClN3O2S. The predicted molar refractivity (Wildman–Crippen MR) is 119 cm³/mol. The van der Waals surface area contributed by atoms with Crippen LogP contribution in [0.2, 0.25) is 0 Å². The average Bonchev–Trinajstić information content (AvgIpc) is 3.41. The first kappa shape index (κ1) is 21.3. The lowest BCUT2D eigenvalue weighted by atomic mass is 9.89. The van der Waals surface area contributed by atoms with Gasteiger partial charge >= 0.3 is 0 Å². The summed E-state index contributed by atoms with van der Waals surface area (Å²) in [5.41, 5.74) is 8.24. The molecule has 3 aromatic rings. The zero-order valence-electron chi connectivity index (χ0n) is 16.2. The van der Waals surface area contributed by atoms with Crippen LogP contribution in [0.3, 0.4) is 0 Å². The zero-order valence-corrected chi connectivity index (χ0v) is 17.8. The van der Waals surface area contributed by atoms with Crippen LogP contribution in [0.1, 0.15) is 21.2 Å². The van der Waals surface area contributed by atoms with Crippen LogP contribution >= 0.6 is 23.7 Å². The number of amides is 1. The molecule has 152 valence electrons. The number of methoxy groups -OCH3 is 1. The van der Waals surface area contributed by atoms with Crippen LogP contribution in [0.5, 0.6) is 5.75 Å². The van der Waals surface area contributed by atoms with E-state index in [1.54, 1.807) is 13.3 Å². The third-order valence-electron chi connectivity index (χ3n) is 5.31. The van der Waals surface area contributed by atoms with E-state index in [9.17, 15) is 4.79 Å². The Balaban J connectivity index is 0.00000240. The fourth-order valence-corrected chi connectivity index (χ4v) is 4.64. The molecule has 2 heterocycles. The Morgan fingerprint density at radius 1 is 1.17 bits per heavy atom. The fraction of sp³-hybridized carbons (Fsp3) is 0.273.